The number of hydrogen-bond acceptors (Lipinski definition) is 3. The molecule has 1 unspecified atom stereocenters. The van der Waals surface area contributed by atoms with Crippen molar-refractivity contribution in [3.63, 3.8) is 0 Å². The van der Waals surface area contributed by atoms with Gasteiger partial charge in [-0.3, -0.25) is 4.79 Å². The molecule has 0 bridgehead atoms. The number of unbranched alkanes of at least 4 members (excludes halogenated alkanes) is 1. The highest BCUT2D eigenvalue weighted by Gasteiger charge is 2.36. The summed E-state index contributed by atoms with van der Waals surface area (Å²) < 4.78 is 39.7. The quantitative estimate of drug-likeness (QED) is 0.719. The van der Waals surface area contributed by atoms with Crippen LogP contribution in [0.5, 0.6) is 0 Å². The summed E-state index contributed by atoms with van der Waals surface area (Å²) in [7, 11) is -3.49. The van der Waals surface area contributed by atoms with Crippen LogP contribution in [-0.4, -0.2) is 38.1 Å². The lowest BCUT2D eigenvalue weighted by atomic mass is 9.79. The molecule has 1 heterocycles. The van der Waals surface area contributed by atoms with E-state index in [-0.39, 0.29) is 36.1 Å². The molecule has 156 valence electrons. The third kappa shape index (κ3) is 4.94. The van der Waals surface area contributed by atoms with Crippen LogP contribution in [0.25, 0.3) is 0 Å². The van der Waals surface area contributed by atoms with Gasteiger partial charge in [-0.2, -0.15) is 0 Å². The Morgan fingerprint density at radius 3 is 2.50 bits per heavy atom. The zero-order valence-electron chi connectivity index (χ0n) is 16.8. The molecule has 0 spiro atoms. The summed E-state index contributed by atoms with van der Waals surface area (Å²) in [5.41, 5.74) is 0.230. The third-order valence-electron chi connectivity index (χ3n) is 6.47. The van der Waals surface area contributed by atoms with Crippen LogP contribution in [0.15, 0.2) is 24.3 Å². The Balaban J connectivity index is 1.63. The smallest absolute Gasteiger partial charge is 0.225 e. The predicted molar refractivity (Wildman–Crippen MR) is 109 cm³/mol. The van der Waals surface area contributed by atoms with E-state index in [0.29, 0.717) is 6.54 Å². The number of amides is 1. The van der Waals surface area contributed by atoms with Gasteiger partial charge in [0.1, 0.15) is 5.82 Å². The number of sulfone groups is 1. The first kappa shape index (κ1) is 21.3. The first-order valence-electron chi connectivity index (χ1n) is 10.7. The van der Waals surface area contributed by atoms with E-state index < -0.39 is 20.9 Å². The number of nitrogens with zero attached hydrogens (tertiary/aromatic N) is 1. The van der Waals surface area contributed by atoms with Gasteiger partial charge in [-0.15, -0.1) is 0 Å². The molecule has 1 amide bonds. The van der Waals surface area contributed by atoms with E-state index in [9.17, 15) is 17.6 Å². The topological polar surface area (TPSA) is 54.5 Å². The van der Waals surface area contributed by atoms with E-state index in [4.69, 9.17) is 0 Å². The summed E-state index contributed by atoms with van der Waals surface area (Å²) >= 11 is 0. The minimum atomic E-state index is -3.49. The molecule has 4 nitrogen and oxygen atoms in total. The fourth-order valence-corrected chi connectivity index (χ4v) is 6.50. The lowest BCUT2D eigenvalue weighted by Gasteiger charge is -2.31. The lowest BCUT2D eigenvalue weighted by Crippen LogP contribution is -2.39. The van der Waals surface area contributed by atoms with E-state index in [2.05, 4.69) is 6.92 Å². The number of benzene rings is 1. The molecule has 28 heavy (non-hydrogen) atoms. The van der Waals surface area contributed by atoms with Gasteiger partial charge in [0.2, 0.25) is 5.91 Å². The maximum atomic E-state index is 14.2. The number of hydrogen-bond donors (Lipinski definition) is 0. The minimum absolute atomic E-state index is 0.0191. The number of halogens is 1. The summed E-state index contributed by atoms with van der Waals surface area (Å²) in [6.45, 7) is 2.81. The Morgan fingerprint density at radius 1 is 1.11 bits per heavy atom. The van der Waals surface area contributed by atoms with Crippen LogP contribution in [0.1, 0.15) is 69.1 Å². The molecule has 1 saturated carbocycles. The predicted octanol–water partition coefficient (Wildman–Crippen LogP) is 4.51. The average molecular weight is 410 g/mol. The third-order valence-corrected chi connectivity index (χ3v) is 8.57. The van der Waals surface area contributed by atoms with Crippen molar-refractivity contribution in [2.24, 2.45) is 11.8 Å². The van der Waals surface area contributed by atoms with Gasteiger partial charge in [0.25, 0.3) is 0 Å². The molecule has 1 saturated heterocycles. The van der Waals surface area contributed by atoms with Gasteiger partial charge in [0.05, 0.1) is 11.0 Å². The number of carbonyl (C=O) groups excluding carboxylic acids is 1. The van der Waals surface area contributed by atoms with Gasteiger partial charge < -0.3 is 4.90 Å². The molecule has 1 atom stereocenters. The van der Waals surface area contributed by atoms with Crippen molar-refractivity contribution in [2.45, 2.75) is 63.5 Å². The Bertz CT molecular complexity index is 772. The molecule has 0 N–H and O–H groups in total. The van der Waals surface area contributed by atoms with E-state index in [1.54, 1.807) is 23.1 Å². The zero-order valence-corrected chi connectivity index (χ0v) is 17.6. The Morgan fingerprint density at radius 2 is 1.82 bits per heavy atom. The fourth-order valence-electron chi connectivity index (χ4n) is 4.70. The van der Waals surface area contributed by atoms with Crippen molar-refractivity contribution in [3.8, 4) is 0 Å². The number of rotatable bonds is 5. The fraction of sp³-hybridized carbons (Fsp3) is 0.682. The molecule has 0 aromatic heterocycles. The maximum absolute atomic E-state index is 14.2. The van der Waals surface area contributed by atoms with Crippen LogP contribution >= 0.6 is 0 Å². The second-order valence-electron chi connectivity index (χ2n) is 8.35. The Hall–Kier alpha value is -1.43. The van der Waals surface area contributed by atoms with Crippen molar-refractivity contribution >= 4 is 15.7 Å². The second-order valence-corrected chi connectivity index (χ2v) is 10.7. The summed E-state index contributed by atoms with van der Waals surface area (Å²) in [6, 6.07) is 6.08. The van der Waals surface area contributed by atoms with Crippen molar-refractivity contribution < 1.29 is 17.6 Å². The monoisotopic (exact) mass is 409 g/mol. The summed E-state index contributed by atoms with van der Waals surface area (Å²) in [4.78, 5) is 14.7. The normalized spacial score (nSPS) is 27.9. The molecular weight excluding hydrogens is 377 g/mol. The molecule has 1 aliphatic heterocycles. The van der Waals surface area contributed by atoms with E-state index >= 15 is 0 Å². The second kappa shape index (κ2) is 9.38. The van der Waals surface area contributed by atoms with E-state index in [1.807, 2.05) is 0 Å². The molecule has 2 fully saturated rings. The average Bonchev–Trinajstić information content (AvgIpc) is 2.85. The van der Waals surface area contributed by atoms with Crippen LogP contribution in [0.2, 0.25) is 0 Å². The molecule has 0 radical (unpaired) electrons. The van der Waals surface area contributed by atoms with Gasteiger partial charge in [-0.1, -0.05) is 44.4 Å². The van der Waals surface area contributed by atoms with Crippen LogP contribution in [0.3, 0.4) is 0 Å². The van der Waals surface area contributed by atoms with E-state index in [0.717, 1.165) is 31.6 Å². The number of carbonyl (C=O) groups is 1. The highest BCUT2D eigenvalue weighted by Crippen LogP contribution is 2.35. The molecular formula is C22H32FNO3S. The highest BCUT2D eigenvalue weighted by molar-refractivity contribution is 7.91. The minimum Gasteiger partial charge on any atom is -0.341 e. The largest absolute Gasteiger partial charge is 0.341 e. The zero-order chi connectivity index (χ0) is 20.1. The molecule has 6 heteroatoms. The van der Waals surface area contributed by atoms with Crippen molar-refractivity contribution in [2.75, 3.05) is 18.8 Å². The van der Waals surface area contributed by atoms with Crippen molar-refractivity contribution in [1.29, 1.82) is 0 Å². The lowest BCUT2D eigenvalue weighted by molar-refractivity contribution is -0.136. The van der Waals surface area contributed by atoms with Crippen LogP contribution in [0, 0.1) is 17.7 Å². The molecule has 1 aliphatic carbocycles. The maximum Gasteiger partial charge on any atom is 0.225 e. The summed E-state index contributed by atoms with van der Waals surface area (Å²) in [5.74, 6) is 0.271. The summed E-state index contributed by atoms with van der Waals surface area (Å²) in [5, 5.41) is -0.865. The van der Waals surface area contributed by atoms with Gasteiger partial charge in [-0.05, 0) is 44.1 Å². The van der Waals surface area contributed by atoms with Crippen LogP contribution < -0.4 is 0 Å². The molecule has 1 aromatic carbocycles. The van der Waals surface area contributed by atoms with Crippen molar-refractivity contribution in [3.05, 3.63) is 35.6 Å². The van der Waals surface area contributed by atoms with Crippen molar-refractivity contribution in [1.82, 2.24) is 4.90 Å². The molecule has 3 rings (SSSR count). The molecule has 2 aliphatic rings. The van der Waals surface area contributed by atoms with Gasteiger partial charge in [0.15, 0.2) is 9.84 Å². The Labute approximate surface area is 168 Å². The van der Waals surface area contributed by atoms with Gasteiger partial charge >= 0.3 is 0 Å². The van der Waals surface area contributed by atoms with Gasteiger partial charge in [-0.25, -0.2) is 12.8 Å². The Kier molecular flexibility index (Phi) is 7.13. The van der Waals surface area contributed by atoms with Crippen LogP contribution in [0.4, 0.5) is 4.39 Å². The SMILES string of the molecule is CCCCC1CCC(C(=O)N2CCC(c3ccccc3F)S(=O)(=O)CC2)CC1. The van der Waals surface area contributed by atoms with E-state index in [1.165, 1.54) is 25.3 Å². The summed E-state index contributed by atoms with van der Waals surface area (Å²) in [6.07, 6.45) is 8.00. The first-order chi connectivity index (χ1) is 13.4. The molecule has 1 aromatic rings. The first-order valence-corrected chi connectivity index (χ1v) is 12.4. The van der Waals surface area contributed by atoms with Gasteiger partial charge in [0, 0.05) is 24.6 Å². The standard InChI is InChI=1S/C22H32FNO3S/c1-2-3-6-17-9-11-18(12-10-17)22(25)24-14-13-21(28(26,27)16-15-24)19-7-4-5-8-20(19)23/h4-5,7-8,17-18,21H,2-3,6,9-16H2,1H3. The highest BCUT2D eigenvalue weighted by atomic mass is 32.2. The van der Waals surface area contributed by atoms with Crippen LogP contribution in [-0.2, 0) is 14.6 Å².